The smallest absolute Gasteiger partial charge is 0.249 e. The predicted octanol–water partition coefficient (Wildman–Crippen LogP) is 3.12. The number of ether oxygens (including phenoxy) is 3. The van der Waals surface area contributed by atoms with E-state index in [-0.39, 0.29) is 17.3 Å². The second kappa shape index (κ2) is 9.18. The van der Waals surface area contributed by atoms with E-state index in [1.54, 1.807) is 18.2 Å². The Labute approximate surface area is 195 Å². The highest BCUT2D eigenvalue weighted by molar-refractivity contribution is 7.90. The summed E-state index contributed by atoms with van der Waals surface area (Å²) >= 11 is 0. The molecule has 0 atom stereocenters. The van der Waals surface area contributed by atoms with Crippen molar-refractivity contribution in [3.63, 3.8) is 0 Å². The lowest BCUT2D eigenvalue weighted by molar-refractivity contribution is -0.111. The van der Waals surface area contributed by atoms with E-state index in [0.29, 0.717) is 39.8 Å². The molecule has 0 radical (unpaired) electrons. The SMILES string of the molecule is COc1cc(/C=C\C(=O)Nc2c3c(nn2-c2ccc(F)cc2)CS(=O)(=O)C3)cc(OC)c1OC. The third-order valence-electron chi connectivity index (χ3n) is 5.21. The average Bonchev–Trinajstić information content (AvgIpc) is 3.29. The molecule has 3 aromatic rings. The van der Waals surface area contributed by atoms with Crippen molar-refractivity contribution in [1.82, 2.24) is 9.78 Å². The summed E-state index contributed by atoms with van der Waals surface area (Å²) in [5.74, 6) is 0.109. The van der Waals surface area contributed by atoms with Crippen LogP contribution in [-0.4, -0.2) is 45.4 Å². The molecule has 34 heavy (non-hydrogen) atoms. The number of rotatable bonds is 7. The van der Waals surface area contributed by atoms with E-state index in [2.05, 4.69) is 10.4 Å². The molecule has 0 saturated heterocycles. The molecule has 4 rings (SSSR count). The summed E-state index contributed by atoms with van der Waals surface area (Å²) in [6.45, 7) is 0. The summed E-state index contributed by atoms with van der Waals surface area (Å²) in [5, 5.41) is 7.07. The zero-order valence-electron chi connectivity index (χ0n) is 18.7. The van der Waals surface area contributed by atoms with Gasteiger partial charge in [-0.2, -0.15) is 5.10 Å². The molecule has 0 spiro atoms. The van der Waals surface area contributed by atoms with E-state index in [1.807, 2.05) is 0 Å². The minimum Gasteiger partial charge on any atom is -0.493 e. The first-order valence-corrected chi connectivity index (χ1v) is 11.9. The molecule has 1 aromatic heterocycles. The van der Waals surface area contributed by atoms with E-state index in [0.717, 1.165) is 0 Å². The van der Waals surface area contributed by atoms with Crippen LogP contribution in [0, 0.1) is 5.82 Å². The third kappa shape index (κ3) is 4.60. The van der Waals surface area contributed by atoms with Gasteiger partial charge in [0.25, 0.3) is 0 Å². The van der Waals surface area contributed by atoms with Crippen molar-refractivity contribution in [2.45, 2.75) is 11.5 Å². The van der Waals surface area contributed by atoms with Crippen LogP contribution in [0.3, 0.4) is 0 Å². The molecule has 0 saturated carbocycles. The Morgan fingerprint density at radius 1 is 1.06 bits per heavy atom. The van der Waals surface area contributed by atoms with Crippen molar-refractivity contribution in [2.24, 2.45) is 0 Å². The lowest BCUT2D eigenvalue weighted by Crippen LogP contribution is -2.14. The quantitative estimate of drug-likeness (QED) is 0.510. The number of anilines is 1. The van der Waals surface area contributed by atoms with Crippen molar-refractivity contribution in [1.29, 1.82) is 0 Å². The molecule has 0 fully saturated rings. The number of methoxy groups -OCH3 is 3. The van der Waals surface area contributed by atoms with Crippen molar-refractivity contribution in [3.05, 3.63) is 65.1 Å². The second-order valence-electron chi connectivity index (χ2n) is 7.48. The monoisotopic (exact) mass is 487 g/mol. The van der Waals surface area contributed by atoms with Gasteiger partial charge in [0.15, 0.2) is 21.3 Å². The molecule has 0 aliphatic carbocycles. The summed E-state index contributed by atoms with van der Waals surface area (Å²) in [5.41, 5.74) is 1.87. The zero-order valence-corrected chi connectivity index (χ0v) is 19.5. The number of carbonyl (C=O) groups excluding carboxylic acids is 1. The lowest BCUT2D eigenvalue weighted by atomic mass is 10.1. The minimum absolute atomic E-state index is 0.222. The van der Waals surface area contributed by atoms with Gasteiger partial charge in [-0.1, -0.05) is 0 Å². The van der Waals surface area contributed by atoms with Crippen LogP contribution in [0.4, 0.5) is 10.2 Å². The van der Waals surface area contributed by atoms with E-state index >= 15 is 0 Å². The Balaban J connectivity index is 1.65. The van der Waals surface area contributed by atoms with Crippen LogP contribution in [0.2, 0.25) is 0 Å². The normalized spacial score (nSPS) is 14.1. The maximum atomic E-state index is 13.4. The van der Waals surface area contributed by atoms with Crippen LogP contribution in [-0.2, 0) is 26.1 Å². The number of nitrogens with one attached hydrogen (secondary N) is 1. The van der Waals surface area contributed by atoms with Crippen LogP contribution >= 0.6 is 0 Å². The predicted molar refractivity (Wildman–Crippen MR) is 124 cm³/mol. The van der Waals surface area contributed by atoms with Crippen LogP contribution < -0.4 is 19.5 Å². The molecule has 1 N–H and O–H groups in total. The first kappa shape index (κ1) is 23.3. The summed E-state index contributed by atoms with van der Waals surface area (Å²) in [6, 6.07) is 8.86. The molecule has 1 aliphatic heterocycles. The van der Waals surface area contributed by atoms with Gasteiger partial charge in [-0.25, -0.2) is 17.5 Å². The number of hydrogen-bond acceptors (Lipinski definition) is 7. The van der Waals surface area contributed by atoms with Crippen molar-refractivity contribution < 1.29 is 31.8 Å². The van der Waals surface area contributed by atoms with Gasteiger partial charge in [0.1, 0.15) is 11.6 Å². The molecule has 2 aromatic carbocycles. The molecule has 0 unspecified atom stereocenters. The molecule has 2 heterocycles. The largest absolute Gasteiger partial charge is 0.493 e. The van der Waals surface area contributed by atoms with Crippen LogP contribution in [0.1, 0.15) is 16.8 Å². The molecular weight excluding hydrogens is 465 g/mol. The number of benzene rings is 2. The molecule has 178 valence electrons. The van der Waals surface area contributed by atoms with Gasteiger partial charge >= 0.3 is 0 Å². The second-order valence-corrected chi connectivity index (χ2v) is 9.54. The Morgan fingerprint density at radius 2 is 1.71 bits per heavy atom. The molecule has 1 aliphatic rings. The Bertz CT molecular complexity index is 1360. The van der Waals surface area contributed by atoms with Gasteiger partial charge in [-0.3, -0.25) is 4.79 Å². The van der Waals surface area contributed by atoms with E-state index in [9.17, 15) is 17.6 Å². The topological polar surface area (TPSA) is 109 Å². The Hall–Kier alpha value is -3.86. The number of hydrogen-bond donors (Lipinski definition) is 1. The molecule has 1 amide bonds. The number of sulfone groups is 1. The number of fused-ring (bicyclic) bond motifs is 1. The van der Waals surface area contributed by atoms with Crippen LogP contribution in [0.15, 0.2) is 42.5 Å². The first-order chi connectivity index (χ1) is 16.2. The van der Waals surface area contributed by atoms with Gasteiger partial charge < -0.3 is 19.5 Å². The number of amides is 1. The van der Waals surface area contributed by atoms with Crippen molar-refractivity contribution in [2.75, 3.05) is 26.6 Å². The van der Waals surface area contributed by atoms with Gasteiger partial charge in [0.2, 0.25) is 11.7 Å². The van der Waals surface area contributed by atoms with E-state index in [1.165, 1.54) is 56.4 Å². The summed E-state index contributed by atoms with van der Waals surface area (Å²) < 4.78 is 54.9. The standard InChI is InChI=1S/C23H22FN3O6S/c1-31-19-10-14(11-20(32-2)22(19)33-3)4-9-21(28)25-23-17-12-34(29,30)13-18(17)26-27(23)16-7-5-15(24)6-8-16/h4-11H,12-13H2,1-3H3,(H,25,28)/b9-4-. The Morgan fingerprint density at radius 3 is 2.29 bits per heavy atom. The highest BCUT2D eigenvalue weighted by atomic mass is 32.2. The average molecular weight is 488 g/mol. The zero-order chi connectivity index (χ0) is 24.5. The summed E-state index contributed by atoms with van der Waals surface area (Å²) in [7, 11) is 1.12. The van der Waals surface area contributed by atoms with Gasteiger partial charge in [0, 0.05) is 11.6 Å². The fraction of sp³-hybridized carbons (Fsp3) is 0.217. The number of carbonyl (C=O) groups is 1. The fourth-order valence-corrected chi connectivity index (χ4v) is 5.16. The molecule has 11 heteroatoms. The van der Waals surface area contributed by atoms with Crippen LogP contribution in [0.5, 0.6) is 17.2 Å². The van der Waals surface area contributed by atoms with E-state index in [4.69, 9.17) is 14.2 Å². The van der Waals surface area contributed by atoms with Gasteiger partial charge in [-0.15, -0.1) is 0 Å². The maximum Gasteiger partial charge on any atom is 0.249 e. The third-order valence-corrected chi connectivity index (χ3v) is 6.66. The van der Waals surface area contributed by atoms with E-state index < -0.39 is 21.6 Å². The van der Waals surface area contributed by atoms with Crippen molar-refractivity contribution in [3.8, 4) is 22.9 Å². The van der Waals surface area contributed by atoms with Crippen molar-refractivity contribution >= 4 is 27.6 Å². The highest BCUT2D eigenvalue weighted by Gasteiger charge is 2.33. The fourth-order valence-electron chi connectivity index (χ4n) is 3.67. The number of nitrogens with zero attached hydrogens (tertiary/aromatic N) is 2. The molecule has 9 nitrogen and oxygen atoms in total. The van der Waals surface area contributed by atoms with Gasteiger partial charge in [0.05, 0.1) is 44.2 Å². The molecule has 0 bridgehead atoms. The summed E-state index contributed by atoms with van der Waals surface area (Å²) in [6.07, 6.45) is 2.84. The Kier molecular flexibility index (Phi) is 6.29. The highest BCUT2D eigenvalue weighted by Crippen LogP contribution is 2.38. The lowest BCUT2D eigenvalue weighted by Gasteiger charge is -2.13. The molecular formula is C23H22FN3O6S. The minimum atomic E-state index is -3.35. The maximum absolute atomic E-state index is 13.4. The summed E-state index contributed by atoms with van der Waals surface area (Å²) in [4.78, 5) is 12.8. The number of halogens is 1. The number of aromatic nitrogens is 2. The van der Waals surface area contributed by atoms with Crippen LogP contribution in [0.25, 0.3) is 11.8 Å². The van der Waals surface area contributed by atoms with Gasteiger partial charge in [-0.05, 0) is 48.0 Å². The first-order valence-electron chi connectivity index (χ1n) is 10.1.